The molecule has 0 aromatic heterocycles. The van der Waals surface area contributed by atoms with Crippen LogP contribution in [-0.4, -0.2) is 11.1 Å². The molecule has 0 unspecified atom stereocenters. The summed E-state index contributed by atoms with van der Waals surface area (Å²) in [6.45, 7) is 8.75. The van der Waals surface area contributed by atoms with Gasteiger partial charge in [-0.3, -0.25) is 4.79 Å². The molecule has 1 fully saturated rings. The molecule has 3 rings (SSSR count). The minimum atomic E-state index is -0.606. The van der Waals surface area contributed by atoms with E-state index in [0.29, 0.717) is 5.92 Å². The molecule has 3 heteroatoms. The molecule has 1 saturated carbocycles. The highest BCUT2D eigenvalue weighted by Gasteiger charge is 2.55. The Morgan fingerprint density at radius 2 is 1.96 bits per heavy atom. The summed E-state index contributed by atoms with van der Waals surface area (Å²) >= 11 is 0. The van der Waals surface area contributed by atoms with Crippen molar-refractivity contribution in [1.29, 1.82) is 0 Å². The first-order valence-electron chi connectivity index (χ1n) is 8.66. The zero-order chi connectivity index (χ0) is 16.1. The van der Waals surface area contributed by atoms with Gasteiger partial charge >= 0.3 is 5.97 Å². The molecule has 0 aliphatic heterocycles. The number of benzene rings is 1. The van der Waals surface area contributed by atoms with Crippen LogP contribution in [0.4, 0.5) is 0 Å². The predicted molar refractivity (Wildman–Crippen MR) is 94.3 cm³/mol. The second-order valence-corrected chi connectivity index (χ2v) is 8.16. The summed E-state index contributed by atoms with van der Waals surface area (Å²) in [5.74, 6) is 0.195. The molecule has 4 N–H and O–H groups in total. The first kappa shape index (κ1) is 18.0. The molecule has 0 radical (unpaired) electrons. The summed E-state index contributed by atoms with van der Waals surface area (Å²) < 4.78 is 0. The largest absolute Gasteiger partial charge is 0.481 e. The van der Waals surface area contributed by atoms with Crippen molar-refractivity contribution < 1.29 is 9.90 Å². The summed E-state index contributed by atoms with van der Waals surface area (Å²) in [4.78, 5) is 11.9. The molecule has 23 heavy (non-hydrogen) atoms. The summed E-state index contributed by atoms with van der Waals surface area (Å²) in [5.41, 5.74) is 3.73. The molecule has 0 saturated heterocycles. The second kappa shape index (κ2) is 5.94. The number of carbonyl (C=O) groups is 1. The normalized spacial score (nSPS) is 32.7. The highest BCUT2D eigenvalue weighted by molar-refractivity contribution is 5.75. The van der Waals surface area contributed by atoms with E-state index in [9.17, 15) is 9.90 Å². The van der Waals surface area contributed by atoms with E-state index in [2.05, 4.69) is 39.0 Å². The van der Waals surface area contributed by atoms with Gasteiger partial charge in [0, 0.05) is 0 Å². The molecule has 2 aliphatic rings. The van der Waals surface area contributed by atoms with E-state index in [4.69, 9.17) is 0 Å². The van der Waals surface area contributed by atoms with E-state index in [1.54, 1.807) is 0 Å². The Hall–Kier alpha value is -1.35. The third kappa shape index (κ3) is 2.59. The van der Waals surface area contributed by atoms with E-state index in [0.717, 1.165) is 32.1 Å². The Labute approximate surface area is 140 Å². The van der Waals surface area contributed by atoms with Crippen LogP contribution < -0.4 is 6.15 Å². The fraction of sp³-hybridized carbons (Fsp3) is 0.650. The monoisotopic (exact) mass is 317 g/mol. The summed E-state index contributed by atoms with van der Waals surface area (Å²) in [7, 11) is 0. The quantitative estimate of drug-likeness (QED) is 0.800. The van der Waals surface area contributed by atoms with Gasteiger partial charge in [0.15, 0.2) is 0 Å². The average molecular weight is 317 g/mol. The summed E-state index contributed by atoms with van der Waals surface area (Å²) in [5, 5.41) is 9.82. The number of rotatable bonds is 2. The number of aliphatic carboxylic acids is 1. The van der Waals surface area contributed by atoms with Gasteiger partial charge in [0.05, 0.1) is 5.41 Å². The number of carboxylic acids is 1. The van der Waals surface area contributed by atoms with Gasteiger partial charge in [-0.2, -0.15) is 0 Å². The number of carboxylic acid groups (broad SMARTS) is 1. The topological polar surface area (TPSA) is 72.3 Å². The Morgan fingerprint density at radius 3 is 2.57 bits per heavy atom. The van der Waals surface area contributed by atoms with Crippen molar-refractivity contribution in [2.45, 2.75) is 71.1 Å². The summed E-state index contributed by atoms with van der Waals surface area (Å²) in [6, 6.07) is 6.92. The fourth-order valence-electron chi connectivity index (χ4n) is 5.13. The van der Waals surface area contributed by atoms with Gasteiger partial charge in [-0.1, -0.05) is 45.4 Å². The number of hydrogen-bond donors (Lipinski definition) is 2. The lowest BCUT2D eigenvalue weighted by molar-refractivity contribution is -0.157. The van der Waals surface area contributed by atoms with Crippen LogP contribution in [0.25, 0.3) is 0 Å². The summed E-state index contributed by atoms with van der Waals surface area (Å²) in [6.07, 6.45) is 4.99. The average Bonchev–Trinajstić information content (AvgIpc) is 2.46. The number of aryl methyl sites for hydroxylation is 1. The SMILES string of the molecule is CC(C)c1ccc2c(c1)CC[C@H]1[C@@](C)(C(=O)O)CCC[C@]21C.N. The smallest absolute Gasteiger partial charge is 0.309 e. The molecular formula is C20H31NO2. The van der Waals surface area contributed by atoms with E-state index in [-0.39, 0.29) is 17.5 Å². The van der Waals surface area contributed by atoms with E-state index >= 15 is 0 Å². The lowest BCUT2D eigenvalue weighted by Gasteiger charge is -2.53. The standard InChI is InChI=1S/C20H28O2.H3N/c1-13(2)14-6-8-16-15(12-14)7-9-17-19(16,3)10-5-11-20(17,4)18(21)22;/h6,8,12-13,17H,5,7,9-11H2,1-4H3,(H,21,22);1H3/t17-,19-,20+;/m1./s1. The molecule has 128 valence electrons. The van der Waals surface area contributed by atoms with Crippen LogP contribution in [0.5, 0.6) is 0 Å². The van der Waals surface area contributed by atoms with Crippen molar-refractivity contribution >= 4 is 5.97 Å². The molecular weight excluding hydrogens is 286 g/mol. The van der Waals surface area contributed by atoms with Crippen molar-refractivity contribution in [2.24, 2.45) is 11.3 Å². The van der Waals surface area contributed by atoms with E-state index in [1.165, 1.54) is 16.7 Å². The van der Waals surface area contributed by atoms with Crippen molar-refractivity contribution in [1.82, 2.24) is 6.15 Å². The molecule has 0 amide bonds. The molecule has 3 nitrogen and oxygen atoms in total. The highest BCUT2D eigenvalue weighted by atomic mass is 16.4. The van der Waals surface area contributed by atoms with Gasteiger partial charge in [-0.05, 0) is 66.5 Å². The van der Waals surface area contributed by atoms with Crippen LogP contribution in [0.2, 0.25) is 0 Å². The minimum absolute atomic E-state index is 0. The first-order valence-corrected chi connectivity index (χ1v) is 8.66. The van der Waals surface area contributed by atoms with Crippen molar-refractivity contribution in [2.75, 3.05) is 0 Å². The van der Waals surface area contributed by atoms with Crippen molar-refractivity contribution in [3.8, 4) is 0 Å². The third-order valence-corrected chi connectivity index (χ3v) is 6.53. The third-order valence-electron chi connectivity index (χ3n) is 6.53. The van der Waals surface area contributed by atoms with Gasteiger partial charge in [-0.25, -0.2) is 0 Å². The highest BCUT2D eigenvalue weighted by Crippen LogP contribution is 2.57. The van der Waals surface area contributed by atoms with Gasteiger partial charge in [-0.15, -0.1) is 0 Å². The van der Waals surface area contributed by atoms with E-state index < -0.39 is 11.4 Å². The Morgan fingerprint density at radius 1 is 1.26 bits per heavy atom. The van der Waals surface area contributed by atoms with E-state index in [1.807, 2.05) is 6.92 Å². The minimum Gasteiger partial charge on any atom is -0.481 e. The molecule has 1 aromatic rings. The Bertz CT molecular complexity index is 610. The number of fused-ring (bicyclic) bond motifs is 3. The number of hydrogen-bond acceptors (Lipinski definition) is 2. The van der Waals surface area contributed by atoms with Crippen molar-refractivity contribution in [3.05, 3.63) is 34.9 Å². The maximum atomic E-state index is 11.9. The molecule has 0 spiro atoms. The first-order chi connectivity index (χ1) is 10.3. The zero-order valence-corrected chi connectivity index (χ0v) is 15.0. The lowest BCUT2D eigenvalue weighted by atomic mass is 9.50. The molecule has 3 atom stereocenters. The van der Waals surface area contributed by atoms with Crippen molar-refractivity contribution in [3.63, 3.8) is 0 Å². The maximum Gasteiger partial charge on any atom is 0.309 e. The molecule has 0 bridgehead atoms. The van der Waals surface area contributed by atoms with Crippen LogP contribution in [-0.2, 0) is 16.6 Å². The van der Waals surface area contributed by atoms with Gasteiger partial charge in [0.2, 0.25) is 0 Å². The van der Waals surface area contributed by atoms with Crippen LogP contribution in [0.15, 0.2) is 18.2 Å². The van der Waals surface area contributed by atoms with Gasteiger partial charge in [0.1, 0.15) is 0 Å². The molecule has 1 aromatic carbocycles. The second-order valence-electron chi connectivity index (χ2n) is 8.16. The van der Waals surface area contributed by atoms with Crippen LogP contribution in [0.1, 0.15) is 76.0 Å². The van der Waals surface area contributed by atoms with Gasteiger partial charge in [0.25, 0.3) is 0 Å². The van der Waals surface area contributed by atoms with Crippen LogP contribution in [0, 0.1) is 11.3 Å². The molecule has 0 heterocycles. The lowest BCUT2D eigenvalue weighted by Crippen LogP contribution is -2.52. The van der Waals surface area contributed by atoms with Gasteiger partial charge < -0.3 is 11.3 Å². The Balaban J connectivity index is 0.00000192. The zero-order valence-electron chi connectivity index (χ0n) is 15.0. The fourth-order valence-corrected chi connectivity index (χ4v) is 5.13. The molecule has 2 aliphatic carbocycles. The maximum absolute atomic E-state index is 11.9. The van der Waals surface area contributed by atoms with Crippen LogP contribution in [0.3, 0.4) is 0 Å². The van der Waals surface area contributed by atoms with Crippen LogP contribution >= 0.6 is 0 Å². The predicted octanol–water partition coefficient (Wildman–Crippen LogP) is 5.07. The Kier molecular flexibility index (Phi) is 4.64.